The maximum atomic E-state index is 12.3. The normalized spacial score (nSPS) is 10.2. The van der Waals surface area contributed by atoms with Crippen molar-refractivity contribution >= 4 is 5.97 Å². The number of carbonyl (C=O) groups excluding carboxylic acids is 1. The molecular formula is C22H20O4. The van der Waals surface area contributed by atoms with Crippen molar-refractivity contribution in [2.75, 3.05) is 7.11 Å². The van der Waals surface area contributed by atoms with E-state index in [0.717, 1.165) is 11.3 Å². The monoisotopic (exact) mass is 348 g/mol. The largest absolute Gasteiger partial charge is 0.493 e. The van der Waals surface area contributed by atoms with Gasteiger partial charge in [0.05, 0.1) is 12.7 Å². The number of benzene rings is 3. The van der Waals surface area contributed by atoms with Gasteiger partial charge in [0, 0.05) is 0 Å². The van der Waals surface area contributed by atoms with Crippen LogP contribution in [0.2, 0.25) is 0 Å². The van der Waals surface area contributed by atoms with Gasteiger partial charge in [0.15, 0.2) is 11.5 Å². The molecule has 0 N–H and O–H groups in total. The summed E-state index contributed by atoms with van der Waals surface area (Å²) in [5.41, 5.74) is 2.63. The van der Waals surface area contributed by atoms with E-state index in [1.54, 1.807) is 30.3 Å². The lowest BCUT2D eigenvalue weighted by Crippen LogP contribution is -2.09. The van der Waals surface area contributed by atoms with Crippen molar-refractivity contribution in [2.45, 2.75) is 13.5 Å². The van der Waals surface area contributed by atoms with E-state index in [4.69, 9.17) is 14.2 Å². The van der Waals surface area contributed by atoms with Crippen molar-refractivity contribution in [1.29, 1.82) is 0 Å². The summed E-state index contributed by atoms with van der Waals surface area (Å²) in [6, 6.07) is 22.1. The molecule has 3 aromatic rings. The second-order valence-corrected chi connectivity index (χ2v) is 5.84. The van der Waals surface area contributed by atoms with Crippen molar-refractivity contribution < 1.29 is 19.0 Å². The second kappa shape index (κ2) is 8.21. The van der Waals surface area contributed by atoms with Gasteiger partial charge in [-0.1, -0.05) is 42.0 Å². The van der Waals surface area contributed by atoms with Gasteiger partial charge in [-0.25, -0.2) is 4.79 Å². The Morgan fingerprint density at radius 3 is 2.15 bits per heavy atom. The van der Waals surface area contributed by atoms with Crippen LogP contribution in [0.3, 0.4) is 0 Å². The van der Waals surface area contributed by atoms with Crippen LogP contribution in [0.1, 0.15) is 21.5 Å². The molecule has 0 saturated carbocycles. The fourth-order valence-electron chi connectivity index (χ4n) is 2.40. The summed E-state index contributed by atoms with van der Waals surface area (Å²) in [5, 5.41) is 0. The molecule has 0 radical (unpaired) electrons. The first-order chi connectivity index (χ1) is 12.7. The molecule has 0 aliphatic rings. The topological polar surface area (TPSA) is 44.8 Å². The molecule has 3 rings (SSSR count). The Labute approximate surface area is 153 Å². The third-order valence-corrected chi connectivity index (χ3v) is 3.89. The predicted octanol–water partition coefficient (Wildman–Crippen LogP) is 4.80. The van der Waals surface area contributed by atoms with Crippen LogP contribution in [0.25, 0.3) is 0 Å². The average molecular weight is 348 g/mol. The molecule has 0 unspecified atom stereocenters. The minimum Gasteiger partial charge on any atom is -0.493 e. The number of carbonyl (C=O) groups is 1. The molecular weight excluding hydrogens is 328 g/mol. The molecule has 0 aliphatic carbocycles. The third-order valence-electron chi connectivity index (χ3n) is 3.89. The molecule has 0 aromatic heterocycles. The number of hydrogen-bond acceptors (Lipinski definition) is 4. The first-order valence-electron chi connectivity index (χ1n) is 8.29. The van der Waals surface area contributed by atoms with Crippen molar-refractivity contribution in [3.8, 4) is 17.2 Å². The molecule has 0 atom stereocenters. The zero-order valence-electron chi connectivity index (χ0n) is 14.8. The molecule has 4 heteroatoms. The van der Waals surface area contributed by atoms with E-state index in [-0.39, 0.29) is 0 Å². The van der Waals surface area contributed by atoms with Gasteiger partial charge in [0.25, 0.3) is 0 Å². The highest BCUT2D eigenvalue weighted by molar-refractivity contribution is 5.91. The van der Waals surface area contributed by atoms with Gasteiger partial charge in [0.1, 0.15) is 12.4 Å². The van der Waals surface area contributed by atoms with E-state index >= 15 is 0 Å². The average Bonchev–Trinajstić information content (AvgIpc) is 2.68. The molecule has 0 heterocycles. The van der Waals surface area contributed by atoms with E-state index in [9.17, 15) is 4.79 Å². The maximum Gasteiger partial charge on any atom is 0.343 e. The van der Waals surface area contributed by atoms with Gasteiger partial charge in [-0.2, -0.15) is 0 Å². The maximum absolute atomic E-state index is 12.3. The highest BCUT2D eigenvalue weighted by Crippen LogP contribution is 2.26. The first kappa shape index (κ1) is 17.5. The Morgan fingerprint density at radius 2 is 1.50 bits per heavy atom. The smallest absolute Gasteiger partial charge is 0.343 e. The van der Waals surface area contributed by atoms with Gasteiger partial charge in [0.2, 0.25) is 0 Å². The van der Waals surface area contributed by atoms with Crippen LogP contribution >= 0.6 is 0 Å². The summed E-state index contributed by atoms with van der Waals surface area (Å²) in [4.78, 5) is 12.3. The lowest BCUT2D eigenvalue weighted by Gasteiger charge is -2.09. The minimum atomic E-state index is -0.430. The molecule has 4 nitrogen and oxygen atoms in total. The Bertz CT molecular complexity index is 867. The number of methoxy groups -OCH3 is 1. The van der Waals surface area contributed by atoms with Crippen LogP contribution in [-0.4, -0.2) is 13.1 Å². The quantitative estimate of drug-likeness (QED) is 0.474. The van der Waals surface area contributed by atoms with E-state index in [1.165, 1.54) is 12.7 Å². The summed E-state index contributed by atoms with van der Waals surface area (Å²) in [7, 11) is 1.54. The predicted molar refractivity (Wildman–Crippen MR) is 99.9 cm³/mol. The molecule has 0 amide bonds. The zero-order valence-corrected chi connectivity index (χ0v) is 14.8. The molecule has 0 aliphatic heterocycles. The van der Waals surface area contributed by atoms with Crippen LogP contribution in [-0.2, 0) is 6.61 Å². The SMILES string of the molecule is COc1ccccc1OC(=O)c1ccc(COc2ccc(C)cc2)cc1. The van der Waals surface area contributed by atoms with Crippen molar-refractivity contribution in [1.82, 2.24) is 0 Å². The van der Waals surface area contributed by atoms with Gasteiger partial charge in [-0.3, -0.25) is 0 Å². The van der Waals surface area contributed by atoms with Gasteiger partial charge in [-0.15, -0.1) is 0 Å². The van der Waals surface area contributed by atoms with E-state index in [1.807, 2.05) is 49.4 Å². The summed E-state index contributed by atoms with van der Waals surface area (Å²) in [5.74, 6) is 1.30. The fourth-order valence-corrected chi connectivity index (χ4v) is 2.40. The first-order valence-corrected chi connectivity index (χ1v) is 8.29. The molecule has 0 fully saturated rings. The van der Waals surface area contributed by atoms with Gasteiger partial charge in [-0.05, 0) is 48.9 Å². The molecule has 3 aromatic carbocycles. The summed E-state index contributed by atoms with van der Waals surface area (Å²) in [6.07, 6.45) is 0. The van der Waals surface area contributed by atoms with Crippen LogP contribution in [0.4, 0.5) is 0 Å². The van der Waals surface area contributed by atoms with Crippen LogP contribution in [0.5, 0.6) is 17.2 Å². The lowest BCUT2D eigenvalue weighted by molar-refractivity contribution is 0.0729. The van der Waals surface area contributed by atoms with Crippen molar-refractivity contribution in [2.24, 2.45) is 0 Å². The Kier molecular flexibility index (Phi) is 5.54. The fraction of sp³-hybridized carbons (Fsp3) is 0.136. The molecule has 0 spiro atoms. The standard InChI is InChI=1S/C22H20O4/c1-16-7-13-19(14-8-16)25-15-17-9-11-18(12-10-17)22(23)26-21-6-4-3-5-20(21)24-2/h3-14H,15H2,1-2H3. The number of aryl methyl sites for hydroxylation is 1. The van der Waals surface area contributed by atoms with E-state index < -0.39 is 5.97 Å². The Hall–Kier alpha value is -3.27. The molecule has 26 heavy (non-hydrogen) atoms. The van der Waals surface area contributed by atoms with E-state index in [2.05, 4.69) is 0 Å². The Morgan fingerprint density at radius 1 is 0.846 bits per heavy atom. The third kappa shape index (κ3) is 4.42. The molecule has 132 valence electrons. The van der Waals surface area contributed by atoms with Crippen LogP contribution in [0.15, 0.2) is 72.8 Å². The lowest BCUT2D eigenvalue weighted by atomic mass is 10.1. The number of rotatable bonds is 6. The number of esters is 1. The van der Waals surface area contributed by atoms with Crippen LogP contribution < -0.4 is 14.2 Å². The van der Waals surface area contributed by atoms with Gasteiger partial charge < -0.3 is 14.2 Å². The Balaban J connectivity index is 1.61. The molecule has 0 saturated heterocycles. The summed E-state index contributed by atoms with van der Waals surface area (Å²) >= 11 is 0. The molecule has 0 bridgehead atoms. The summed E-state index contributed by atoms with van der Waals surface area (Å²) < 4.78 is 16.3. The van der Waals surface area contributed by atoms with Crippen LogP contribution in [0, 0.1) is 6.92 Å². The number of para-hydroxylation sites is 2. The van der Waals surface area contributed by atoms with E-state index in [0.29, 0.717) is 23.7 Å². The zero-order chi connectivity index (χ0) is 18.4. The highest BCUT2D eigenvalue weighted by atomic mass is 16.6. The number of ether oxygens (including phenoxy) is 3. The van der Waals surface area contributed by atoms with Crippen molar-refractivity contribution in [3.05, 3.63) is 89.5 Å². The van der Waals surface area contributed by atoms with Gasteiger partial charge >= 0.3 is 5.97 Å². The highest BCUT2D eigenvalue weighted by Gasteiger charge is 2.11. The number of hydrogen-bond donors (Lipinski definition) is 0. The van der Waals surface area contributed by atoms with Crippen molar-refractivity contribution in [3.63, 3.8) is 0 Å². The summed E-state index contributed by atoms with van der Waals surface area (Å²) in [6.45, 7) is 2.47. The second-order valence-electron chi connectivity index (χ2n) is 5.84. The minimum absolute atomic E-state index is 0.395.